The standard InChI is InChI=1S/C14H23N3O5/c1-9(2)7-10(16(3)4)14(21)15-8-13(20)22-17-11(18)5-6-12(17)19/h9-10H,5-8H2,1-4H3,(H,15,21)/i3D,8D2,14+1,16+1,21+2. The fourth-order valence-electron chi connectivity index (χ4n) is 1.89. The molecule has 1 saturated heterocycles. The average Bonchev–Trinajstić information content (AvgIpc) is 2.82. The second-order valence-corrected chi connectivity index (χ2v) is 5.48. The molecule has 0 saturated carbocycles. The molecule has 0 aromatic rings. The summed E-state index contributed by atoms with van der Waals surface area (Å²) in [5.74, 6) is -3.74. The summed E-state index contributed by atoms with van der Waals surface area (Å²) in [6.45, 7) is 0.801. The molecule has 3 amide bonds. The zero-order valence-corrected chi connectivity index (χ0v) is 12.9. The van der Waals surface area contributed by atoms with E-state index in [0.29, 0.717) is 6.42 Å². The molecule has 1 N–H and O–H groups in total. The summed E-state index contributed by atoms with van der Waals surface area (Å²) >= 11 is 0. The Labute approximate surface area is 133 Å². The van der Waals surface area contributed by atoms with Gasteiger partial charge in [-0.1, -0.05) is 13.8 Å². The van der Waals surface area contributed by atoms with Crippen LogP contribution in [-0.4, -0.2) is 60.3 Å². The number of nitrogens with one attached hydrogen (secondary N) is 1. The number of hydrogen-bond acceptors (Lipinski definition) is 6. The van der Waals surface area contributed by atoms with Gasteiger partial charge in [-0.05, 0) is 26.4 Å². The molecular weight excluding hydrogens is 294 g/mol. The number of nitrogens with zero attached hydrogens (tertiary/aromatic N) is 2. The molecule has 0 aromatic carbocycles. The summed E-state index contributed by atoms with van der Waals surface area (Å²) in [4.78, 5) is 53.0. The molecule has 0 aliphatic carbocycles. The summed E-state index contributed by atoms with van der Waals surface area (Å²) in [7, 11) is 1.35. The first-order chi connectivity index (χ1) is 11.5. The van der Waals surface area contributed by atoms with E-state index in [1.54, 1.807) is 0 Å². The maximum Gasteiger partial charge on any atom is 0.352 e. The Morgan fingerprint density at radius 1 is 1.50 bits per heavy atom. The maximum atomic E-state index is 12.3. The van der Waals surface area contributed by atoms with Gasteiger partial charge in [0.05, 0.1) is 8.78 Å². The quantitative estimate of drug-likeness (QED) is 0.299. The first kappa shape index (κ1) is 13.7. The predicted molar refractivity (Wildman–Crippen MR) is 77.1 cm³/mol. The normalized spacial score (nSPS) is 19.0. The van der Waals surface area contributed by atoms with Crippen LogP contribution in [0.4, 0.5) is 0 Å². The minimum Gasteiger partial charge on any atom is -0.344 e. The first-order valence-electron chi connectivity index (χ1n) is 8.60. The lowest BCUT2D eigenvalue weighted by Gasteiger charge is -2.24. The van der Waals surface area contributed by atoms with Gasteiger partial charge in [-0.3, -0.25) is 19.3 Å². The van der Waals surface area contributed by atoms with E-state index < -0.39 is 36.2 Å². The third kappa shape index (κ3) is 5.10. The molecule has 1 aliphatic heterocycles. The molecular formula is C14H23N3O5. The van der Waals surface area contributed by atoms with Crippen molar-refractivity contribution in [3.05, 3.63) is 0 Å². The van der Waals surface area contributed by atoms with Crippen molar-refractivity contribution in [2.45, 2.75) is 39.2 Å². The van der Waals surface area contributed by atoms with Crippen molar-refractivity contribution >= 4 is 23.7 Å². The van der Waals surface area contributed by atoms with Crippen LogP contribution in [-0.2, 0) is 24.0 Å². The zero-order valence-electron chi connectivity index (χ0n) is 15.9. The third-order valence-electron chi connectivity index (χ3n) is 3.00. The Bertz CT molecular complexity index is 540. The monoisotopic (exact) mass is 320 g/mol. The van der Waals surface area contributed by atoms with E-state index in [9.17, 15) is 19.2 Å². The second-order valence-electron chi connectivity index (χ2n) is 5.48. The zero-order chi connectivity index (χ0) is 19.4. The molecule has 1 fully saturated rings. The summed E-state index contributed by atoms with van der Waals surface area (Å²) in [6, 6.07) is -0.810. The lowest BCUT2D eigenvalue weighted by atomic mass is 10.1. The van der Waals surface area contributed by atoms with Crippen LogP contribution in [0.5, 0.6) is 0 Å². The van der Waals surface area contributed by atoms with E-state index in [2.05, 4.69) is 4.84 Å². The molecule has 124 valence electrons. The molecule has 1 heterocycles. The van der Waals surface area contributed by atoms with E-state index in [1.165, 1.54) is 11.9 Å². The van der Waals surface area contributed by atoms with Gasteiger partial charge < -0.3 is 10.2 Å². The van der Waals surface area contributed by atoms with Crippen molar-refractivity contribution in [2.24, 2.45) is 5.92 Å². The van der Waals surface area contributed by atoms with Crippen LogP contribution in [0.2, 0.25) is 0 Å². The summed E-state index contributed by atoms with van der Waals surface area (Å²) in [5, 5.41) is 2.14. The maximum absolute atomic E-state index is 12.3. The van der Waals surface area contributed by atoms with Gasteiger partial charge in [0.1, 0.15) is 6.50 Å². The van der Waals surface area contributed by atoms with Gasteiger partial charge in [0.15, 0.2) is 0 Å². The molecule has 1 rings (SSSR count). The average molecular weight is 320 g/mol. The number of rotatable bonds is 7. The fraction of sp³-hybridized carbons (Fsp3) is 0.714. The van der Waals surface area contributed by atoms with Gasteiger partial charge in [-0.15, -0.1) is 5.06 Å². The lowest BCUT2D eigenvalue weighted by molar-refractivity contribution is -0.196. The number of imide groups is 1. The van der Waals surface area contributed by atoms with Crippen molar-refractivity contribution in [1.29, 1.82) is 0 Å². The molecule has 0 bridgehead atoms. The van der Waals surface area contributed by atoms with E-state index in [1.807, 2.05) is 19.2 Å². The number of likely N-dealkylation sites (N-methyl/N-ethyl adjacent to an activating group) is 1. The SMILES string of the molecule is [2H]C[15N](C)C(CC(C)C)[13C](=[18O])NC([2H])([2H])C(=O)ON1C(=O)CCC1=O. The molecule has 0 spiro atoms. The largest absolute Gasteiger partial charge is 0.352 e. The van der Waals surface area contributed by atoms with Crippen LogP contribution >= 0.6 is 0 Å². The number of hydroxylamine groups is 2. The Kier molecular flexibility index (Phi) is 4.90. The Morgan fingerprint density at radius 2 is 2.09 bits per heavy atom. The van der Waals surface area contributed by atoms with Gasteiger partial charge in [-0.25, -0.2) is 4.79 Å². The van der Waals surface area contributed by atoms with Crippen molar-refractivity contribution in [1.82, 2.24) is 15.3 Å². The topological polar surface area (TPSA) is 96.0 Å². The molecule has 0 aromatic heterocycles. The van der Waals surface area contributed by atoms with Crippen molar-refractivity contribution < 1.29 is 28.1 Å². The van der Waals surface area contributed by atoms with E-state index in [-0.39, 0.29) is 30.8 Å². The van der Waals surface area contributed by atoms with Crippen LogP contribution in [0.3, 0.4) is 0 Å². The highest BCUT2D eigenvalue weighted by atomic mass is 18.1. The molecule has 22 heavy (non-hydrogen) atoms. The lowest BCUT2D eigenvalue weighted by Crippen LogP contribution is -2.46. The molecule has 8 heteroatoms. The predicted octanol–water partition coefficient (Wildman–Crippen LogP) is -0.314. The smallest absolute Gasteiger partial charge is 0.344 e. The second kappa shape index (κ2) is 7.88. The molecule has 1 atom stereocenters. The van der Waals surface area contributed by atoms with Crippen molar-refractivity contribution in [3.63, 3.8) is 0 Å². The molecule has 1 unspecified atom stereocenters. The summed E-state index contributed by atoms with van der Waals surface area (Å²) < 4.78 is 22.7. The third-order valence-corrected chi connectivity index (χ3v) is 3.00. The minimum atomic E-state index is -2.93. The van der Waals surface area contributed by atoms with Gasteiger partial charge in [0.25, 0.3) is 11.8 Å². The highest BCUT2D eigenvalue weighted by Crippen LogP contribution is 2.12. The van der Waals surface area contributed by atoms with Gasteiger partial charge >= 0.3 is 5.97 Å². The molecule has 1 aliphatic rings. The van der Waals surface area contributed by atoms with Crippen LogP contribution in [0.15, 0.2) is 0 Å². The van der Waals surface area contributed by atoms with Crippen LogP contribution in [0, 0.1) is 5.92 Å². The Balaban J connectivity index is 2.79. The molecule has 0 radical (unpaired) electrons. The summed E-state index contributed by atoms with van der Waals surface area (Å²) in [5.41, 5.74) is 0. The van der Waals surface area contributed by atoms with Gasteiger partial charge in [0, 0.05) is 14.2 Å². The highest BCUT2D eigenvalue weighted by Gasteiger charge is 2.33. The van der Waals surface area contributed by atoms with Crippen LogP contribution in [0.1, 0.15) is 37.2 Å². The van der Waals surface area contributed by atoms with Crippen molar-refractivity contribution in [3.8, 4) is 0 Å². The first-order valence-corrected chi connectivity index (χ1v) is 6.89. The Morgan fingerprint density at radius 3 is 2.59 bits per heavy atom. The van der Waals surface area contributed by atoms with Crippen LogP contribution in [0.25, 0.3) is 0 Å². The van der Waals surface area contributed by atoms with Gasteiger partial charge in [0.2, 0.25) is 5.91 Å². The number of carbonyl (C=O) groups is 4. The minimum absolute atomic E-state index is 0.0995. The van der Waals surface area contributed by atoms with E-state index >= 15 is 0 Å². The molecule has 8 nitrogen and oxygen atoms in total. The number of amides is 3. The van der Waals surface area contributed by atoms with Gasteiger partial charge in [-0.2, -0.15) is 0 Å². The van der Waals surface area contributed by atoms with Crippen molar-refractivity contribution in [2.75, 3.05) is 20.6 Å². The Hall–Kier alpha value is -1.96. The highest BCUT2D eigenvalue weighted by molar-refractivity contribution is 6.01. The number of carbonyl (C=O) groups excluding carboxylic acids is 4. The summed E-state index contributed by atoms with van der Waals surface area (Å²) in [6.07, 6.45) is 0.119. The van der Waals surface area contributed by atoms with E-state index in [4.69, 9.17) is 4.11 Å². The van der Waals surface area contributed by atoms with E-state index in [0.717, 1.165) is 0 Å². The fourth-order valence-corrected chi connectivity index (χ4v) is 1.89. The number of hydrogen-bond donors (Lipinski definition) is 1. The van der Waals surface area contributed by atoms with Crippen LogP contribution < -0.4 is 5.32 Å².